The quantitative estimate of drug-likeness (QED) is 0.289. The van der Waals surface area contributed by atoms with E-state index in [2.05, 4.69) is 64.8 Å². The van der Waals surface area contributed by atoms with Crippen LogP contribution in [0.1, 0.15) is 5.56 Å². The molecule has 0 bridgehead atoms. The van der Waals surface area contributed by atoms with Crippen molar-refractivity contribution < 1.29 is 0 Å². The lowest BCUT2D eigenvalue weighted by Gasteiger charge is -2.12. The summed E-state index contributed by atoms with van der Waals surface area (Å²) in [6.45, 7) is 8.07. The molecule has 0 atom stereocenters. The Morgan fingerprint density at radius 1 is 1.05 bits per heavy atom. The highest BCUT2D eigenvalue weighted by molar-refractivity contribution is 5.85. The van der Waals surface area contributed by atoms with Crippen LogP contribution in [0.3, 0.4) is 0 Å². The lowest BCUT2D eigenvalue weighted by atomic mass is 10.1. The van der Waals surface area contributed by atoms with Gasteiger partial charge in [-0.3, -0.25) is 4.79 Å². The van der Waals surface area contributed by atoms with Gasteiger partial charge in [-0.1, -0.05) is 24.3 Å². The Bertz CT molecular complexity index is 1910. The molecular weight excluding hydrogens is 488 g/mol. The molecule has 0 unspecified atom stereocenters. The molecule has 0 saturated carbocycles. The topological polar surface area (TPSA) is 85.8 Å². The number of nitrogens with one attached hydrogen (secondary N) is 1. The summed E-state index contributed by atoms with van der Waals surface area (Å²) < 4.78 is 5.60. The molecule has 9 nitrogen and oxygen atoms in total. The van der Waals surface area contributed by atoms with E-state index in [0.29, 0.717) is 29.3 Å². The summed E-state index contributed by atoms with van der Waals surface area (Å²) in [7, 11) is 4.15. The van der Waals surface area contributed by atoms with Crippen molar-refractivity contribution in [2.45, 2.75) is 20.0 Å². The fourth-order valence-electron chi connectivity index (χ4n) is 4.92. The monoisotopic (exact) mass is 518 g/mol. The van der Waals surface area contributed by atoms with Gasteiger partial charge in [-0.05, 0) is 63.0 Å². The number of likely N-dealkylation sites (N-methyl/N-ethyl adjacent to an activating group) is 1. The summed E-state index contributed by atoms with van der Waals surface area (Å²) in [4.78, 5) is 29.6. The lowest BCUT2D eigenvalue weighted by Crippen LogP contribution is -2.22. The molecule has 39 heavy (non-hydrogen) atoms. The number of para-hydroxylation sites is 1. The molecule has 0 aliphatic carbocycles. The summed E-state index contributed by atoms with van der Waals surface area (Å²) in [6, 6.07) is 18.3. The summed E-state index contributed by atoms with van der Waals surface area (Å²) in [5, 5.41) is 5.91. The van der Waals surface area contributed by atoms with Crippen molar-refractivity contribution >= 4 is 44.5 Å². The Labute approximate surface area is 225 Å². The second-order valence-corrected chi connectivity index (χ2v) is 9.95. The predicted molar refractivity (Wildman–Crippen MR) is 157 cm³/mol. The average Bonchev–Trinajstić information content (AvgIpc) is 3.45. The van der Waals surface area contributed by atoms with Gasteiger partial charge in [0, 0.05) is 47.5 Å². The number of pyridine rings is 1. The van der Waals surface area contributed by atoms with E-state index in [1.807, 2.05) is 43.3 Å². The fraction of sp³-hybridized carbons (Fsp3) is 0.200. The standard InChI is InChI=1S/C30H30N8O/c1-5-14-37-29(39)24-19-31-30(32-23-10-11-25-22(18-23)13-15-36(25)17-16-35(3)4)34-28(24)38(37)26-12-9-21-8-6-7-20(2)27(21)33-26/h5-13,15,18-19H,1,14,16-17H2,2-4H3,(H,31,32,34). The van der Waals surface area contributed by atoms with Crippen LogP contribution in [-0.4, -0.2) is 54.4 Å². The Kier molecular flexibility index (Phi) is 6.20. The number of fused-ring (bicyclic) bond motifs is 3. The molecule has 0 saturated heterocycles. The molecule has 0 radical (unpaired) electrons. The van der Waals surface area contributed by atoms with Gasteiger partial charge in [-0.25, -0.2) is 19.3 Å². The Balaban J connectivity index is 1.41. The van der Waals surface area contributed by atoms with E-state index in [1.54, 1.807) is 21.6 Å². The maximum atomic E-state index is 13.3. The van der Waals surface area contributed by atoms with Gasteiger partial charge in [-0.2, -0.15) is 4.98 Å². The number of hydrogen-bond acceptors (Lipinski definition) is 6. The second-order valence-electron chi connectivity index (χ2n) is 9.95. The highest BCUT2D eigenvalue weighted by Gasteiger charge is 2.18. The van der Waals surface area contributed by atoms with Crippen molar-refractivity contribution in [3.05, 3.63) is 95.6 Å². The van der Waals surface area contributed by atoms with Crippen LogP contribution in [0.2, 0.25) is 0 Å². The molecule has 6 rings (SSSR count). The van der Waals surface area contributed by atoms with E-state index in [4.69, 9.17) is 9.97 Å². The summed E-state index contributed by atoms with van der Waals surface area (Å²) >= 11 is 0. The van der Waals surface area contributed by atoms with E-state index in [-0.39, 0.29) is 5.56 Å². The van der Waals surface area contributed by atoms with Gasteiger partial charge in [0.05, 0.1) is 12.1 Å². The van der Waals surface area contributed by atoms with E-state index in [0.717, 1.165) is 40.6 Å². The molecule has 4 aromatic heterocycles. The Morgan fingerprint density at radius 3 is 2.74 bits per heavy atom. The second kappa shape index (κ2) is 9.85. The number of aryl methyl sites for hydroxylation is 1. The zero-order chi connectivity index (χ0) is 27.1. The summed E-state index contributed by atoms with van der Waals surface area (Å²) in [5.74, 6) is 1.01. The number of aromatic nitrogens is 6. The van der Waals surface area contributed by atoms with Gasteiger partial charge >= 0.3 is 0 Å². The normalized spacial score (nSPS) is 11.7. The number of nitrogens with zero attached hydrogens (tertiary/aromatic N) is 7. The van der Waals surface area contributed by atoms with Gasteiger partial charge in [0.2, 0.25) is 5.95 Å². The Morgan fingerprint density at radius 2 is 1.92 bits per heavy atom. The Hall–Kier alpha value is -4.76. The van der Waals surface area contributed by atoms with Crippen LogP contribution in [0.15, 0.2) is 84.4 Å². The molecule has 2 aromatic carbocycles. The van der Waals surface area contributed by atoms with Gasteiger partial charge < -0.3 is 14.8 Å². The van der Waals surface area contributed by atoms with Crippen molar-refractivity contribution in [1.29, 1.82) is 0 Å². The maximum absolute atomic E-state index is 13.3. The minimum Gasteiger partial charge on any atom is -0.346 e. The van der Waals surface area contributed by atoms with Gasteiger partial charge in [0.1, 0.15) is 5.39 Å². The number of benzene rings is 2. The molecule has 9 heteroatoms. The molecule has 4 heterocycles. The highest BCUT2D eigenvalue weighted by Crippen LogP contribution is 2.24. The number of rotatable bonds is 8. The zero-order valence-electron chi connectivity index (χ0n) is 22.3. The van der Waals surface area contributed by atoms with E-state index < -0.39 is 0 Å². The van der Waals surface area contributed by atoms with E-state index in [1.165, 1.54) is 5.52 Å². The number of allylic oxidation sites excluding steroid dienone is 1. The first-order chi connectivity index (χ1) is 18.9. The minimum atomic E-state index is -0.191. The molecular formula is C30H30N8O. The average molecular weight is 519 g/mol. The van der Waals surface area contributed by atoms with Gasteiger partial charge in [0.15, 0.2) is 11.5 Å². The van der Waals surface area contributed by atoms with E-state index >= 15 is 0 Å². The maximum Gasteiger partial charge on any atom is 0.278 e. The third-order valence-electron chi connectivity index (χ3n) is 6.92. The zero-order valence-corrected chi connectivity index (χ0v) is 22.3. The first-order valence-electron chi connectivity index (χ1n) is 12.9. The molecule has 0 amide bonds. The first kappa shape index (κ1) is 24.6. The molecule has 0 aliphatic heterocycles. The molecule has 0 spiro atoms. The van der Waals surface area contributed by atoms with Crippen molar-refractivity contribution in [2.24, 2.45) is 0 Å². The summed E-state index contributed by atoms with van der Waals surface area (Å²) in [6.07, 6.45) is 5.38. The largest absolute Gasteiger partial charge is 0.346 e. The predicted octanol–water partition coefficient (Wildman–Crippen LogP) is 4.88. The van der Waals surface area contributed by atoms with Crippen LogP contribution in [-0.2, 0) is 13.1 Å². The smallest absolute Gasteiger partial charge is 0.278 e. The molecule has 6 aromatic rings. The molecule has 1 N–H and O–H groups in total. The number of hydrogen-bond donors (Lipinski definition) is 1. The fourth-order valence-corrected chi connectivity index (χ4v) is 4.92. The SMILES string of the molecule is C=CCn1c(=O)c2cnc(Nc3ccc4c(ccn4CCN(C)C)c3)nc2n1-c1ccc2cccc(C)c2n1. The third kappa shape index (κ3) is 4.46. The van der Waals surface area contributed by atoms with E-state index in [9.17, 15) is 4.79 Å². The third-order valence-corrected chi connectivity index (χ3v) is 6.92. The highest BCUT2D eigenvalue weighted by atomic mass is 16.1. The van der Waals surface area contributed by atoms with Gasteiger partial charge in [0.25, 0.3) is 5.56 Å². The van der Waals surface area contributed by atoms with Gasteiger partial charge in [-0.15, -0.1) is 6.58 Å². The molecule has 196 valence electrons. The first-order valence-corrected chi connectivity index (χ1v) is 12.9. The lowest BCUT2D eigenvalue weighted by molar-refractivity contribution is 0.387. The molecule has 0 aliphatic rings. The van der Waals surface area contributed by atoms with Crippen molar-refractivity contribution in [3.8, 4) is 5.82 Å². The van der Waals surface area contributed by atoms with Crippen LogP contribution >= 0.6 is 0 Å². The van der Waals surface area contributed by atoms with Crippen LogP contribution < -0.4 is 10.9 Å². The van der Waals surface area contributed by atoms with Crippen LogP contribution in [0.4, 0.5) is 11.6 Å². The van der Waals surface area contributed by atoms with Crippen molar-refractivity contribution in [1.82, 2.24) is 33.8 Å². The number of anilines is 2. The van der Waals surface area contributed by atoms with Crippen LogP contribution in [0.25, 0.3) is 38.7 Å². The van der Waals surface area contributed by atoms with Crippen LogP contribution in [0.5, 0.6) is 0 Å². The van der Waals surface area contributed by atoms with Crippen molar-refractivity contribution in [3.63, 3.8) is 0 Å². The summed E-state index contributed by atoms with van der Waals surface area (Å²) in [5.41, 5.74) is 4.27. The minimum absolute atomic E-state index is 0.191. The van der Waals surface area contributed by atoms with Crippen LogP contribution in [0, 0.1) is 6.92 Å². The van der Waals surface area contributed by atoms with Crippen molar-refractivity contribution in [2.75, 3.05) is 26.0 Å². The molecule has 0 fully saturated rings.